The molecule has 1 aromatic heterocycles. The average Bonchev–Trinajstić information content (AvgIpc) is 3.10. The first-order valence-corrected chi connectivity index (χ1v) is 13.9. The number of H-pyrrole nitrogens is 1. The molecule has 0 radical (unpaired) electrons. The Morgan fingerprint density at radius 1 is 1.31 bits per heavy atom. The molecule has 16 heteroatoms. The van der Waals surface area contributed by atoms with Crippen molar-refractivity contribution in [1.29, 1.82) is 5.26 Å². The number of carbonyl (C=O) groups excluding carboxylic acids is 1. The summed E-state index contributed by atoms with van der Waals surface area (Å²) in [6, 6.07) is 5.88. The normalized spacial score (nSPS) is 25.1. The van der Waals surface area contributed by atoms with E-state index in [1.807, 2.05) is 6.07 Å². The summed E-state index contributed by atoms with van der Waals surface area (Å²) in [5.41, 5.74) is -3.20. The van der Waals surface area contributed by atoms with Gasteiger partial charge in [0.15, 0.2) is 6.23 Å². The van der Waals surface area contributed by atoms with Crippen LogP contribution in [0.2, 0.25) is 10.0 Å². The van der Waals surface area contributed by atoms with Gasteiger partial charge in [0, 0.05) is 18.3 Å². The number of nitrogens with zero attached hydrogens (tertiary/aromatic N) is 2. The van der Waals surface area contributed by atoms with Crippen LogP contribution in [-0.2, 0) is 23.4 Å². The molecule has 0 spiro atoms. The van der Waals surface area contributed by atoms with E-state index in [4.69, 9.17) is 41.7 Å². The highest BCUT2D eigenvalue weighted by atomic mass is 35.5. The van der Waals surface area contributed by atoms with E-state index >= 15 is 0 Å². The van der Waals surface area contributed by atoms with Crippen LogP contribution in [0.3, 0.4) is 0 Å². The zero-order valence-corrected chi connectivity index (χ0v) is 23.7. The monoisotopic (exact) mass is 604 g/mol. The number of aromatic nitrogens is 2. The minimum Gasteiger partial charge on any atom is -0.462 e. The number of ether oxygens (including phenoxy) is 2. The highest BCUT2D eigenvalue weighted by molar-refractivity contribution is 7.52. The lowest BCUT2D eigenvalue weighted by molar-refractivity contribution is -0.149. The van der Waals surface area contributed by atoms with E-state index in [-0.39, 0.29) is 15.8 Å². The first-order chi connectivity index (χ1) is 18.2. The predicted octanol–water partition coefficient (Wildman–Crippen LogP) is 2.76. The number of halogens is 2. The fraction of sp³-hybridized carbons (Fsp3) is 0.478. The quantitative estimate of drug-likeness (QED) is 0.268. The van der Waals surface area contributed by atoms with Crippen molar-refractivity contribution < 1.29 is 33.0 Å². The van der Waals surface area contributed by atoms with E-state index in [1.165, 1.54) is 32.0 Å². The van der Waals surface area contributed by atoms with Gasteiger partial charge in [0.1, 0.15) is 29.4 Å². The number of aliphatic hydroxyl groups excluding tert-OH is 1. The van der Waals surface area contributed by atoms with Crippen molar-refractivity contribution in [3.05, 3.63) is 61.3 Å². The topological polar surface area (TPSA) is 182 Å². The Kier molecular flexibility index (Phi) is 9.67. The molecule has 0 saturated carbocycles. The molecule has 0 amide bonds. The Morgan fingerprint density at radius 2 is 2.00 bits per heavy atom. The first kappa shape index (κ1) is 30.8. The number of hydrogen-bond donors (Lipinski definition) is 3. The summed E-state index contributed by atoms with van der Waals surface area (Å²) < 4.78 is 36.7. The second-order valence-electron chi connectivity index (χ2n) is 9.18. The van der Waals surface area contributed by atoms with Crippen LogP contribution in [0.5, 0.6) is 5.75 Å². The van der Waals surface area contributed by atoms with Crippen molar-refractivity contribution in [3.63, 3.8) is 0 Å². The van der Waals surface area contributed by atoms with E-state index < -0.39 is 67.6 Å². The molecule has 1 fully saturated rings. The zero-order valence-electron chi connectivity index (χ0n) is 21.3. The Balaban J connectivity index is 1.87. The minimum absolute atomic E-state index is 0.0166. The van der Waals surface area contributed by atoms with Gasteiger partial charge in [0.05, 0.1) is 28.8 Å². The number of hydrogen-bond acceptors (Lipinski definition) is 10. The zero-order chi connectivity index (χ0) is 29.1. The molecule has 212 valence electrons. The predicted molar refractivity (Wildman–Crippen MR) is 139 cm³/mol. The summed E-state index contributed by atoms with van der Waals surface area (Å²) in [4.78, 5) is 38.2. The Morgan fingerprint density at radius 3 is 2.59 bits per heavy atom. The van der Waals surface area contributed by atoms with E-state index in [1.54, 1.807) is 13.8 Å². The number of aromatic amines is 1. The van der Waals surface area contributed by atoms with Gasteiger partial charge in [-0.3, -0.25) is 23.7 Å². The molecule has 39 heavy (non-hydrogen) atoms. The second-order valence-corrected chi connectivity index (χ2v) is 11.7. The molecule has 1 saturated heterocycles. The summed E-state index contributed by atoms with van der Waals surface area (Å²) in [5, 5.41) is 23.6. The first-order valence-electron chi connectivity index (χ1n) is 11.6. The van der Waals surface area contributed by atoms with Crippen LogP contribution in [-0.4, -0.2) is 51.6 Å². The van der Waals surface area contributed by atoms with E-state index in [2.05, 4.69) is 10.1 Å². The van der Waals surface area contributed by atoms with E-state index in [0.717, 1.165) is 16.8 Å². The number of aliphatic hydroxyl groups is 1. The highest BCUT2D eigenvalue weighted by Crippen LogP contribution is 2.49. The molecular formula is C23H27Cl2N4O9P. The molecule has 2 aromatic rings. The van der Waals surface area contributed by atoms with Crippen molar-refractivity contribution in [2.45, 2.75) is 58.3 Å². The minimum atomic E-state index is -4.41. The summed E-state index contributed by atoms with van der Waals surface area (Å²) in [5.74, 6) is -0.754. The molecule has 3 N–H and O–H groups in total. The maximum atomic E-state index is 13.8. The summed E-state index contributed by atoms with van der Waals surface area (Å²) >= 11 is 12.0. The maximum Gasteiger partial charge on any atom is 0.459 e. The van der Waals surface area contributed by atoms with Crippen molar-refractivity contribution in [2.24, 2.45) is 5.41 Å². The van der Waals surface area contributed by atoms with Crippen LogP contribution in [0.4, 0.5) is 0 Å². The van der Waals surface area contributed by atoms with Gasteiger partial charge in [-0.05, 0) is 39.8 Å². The van der Waals surface area contributed by atoms with Crippen LogP contribution in [0.1, 0.15) is 33.9 Å². The van der Waals surface area contributed by atoms with Crippen molar-refractivity contribution >= 4 is 36.9 Å². The molecule has 0 aliphatic carbocycles. The van der Waals surface area contributed by atoms with E-state index in [9.17, 15) is 29.3 Å². The molecule has 3 rings (SSSR count). The lowest BCUT2D eigenvalue weighted by Crippen LogP contribution is -2.41. The van der Waals surface area contributed by atoms with Gasteiger partial charge < -0.3 is 19.1 Å². The molecule has 0 bridgehead atoms. The fourth-order valence-electron chi connectivity index (χ4n) is 3.69. The maximum absolute atomic E-state index is 13.8. The van der Waals surface area contributed by atoms with Gasteiger partial charge in [0.25, 0.3) is 5.56 Å². The third-order valence-electron chi connectivity index (χ3n) is 5.71. The summed E-state index contributed by atoms with van der Waals surface area (Å²) in [6.45, 7) is 5.41. The molecule has 13 nitrogen and oxygen atoms in total. The standard InChI is InChI=1S/C23H27Cl2N4O9P/c1-12(2)36-20(32)13(3)28-39(34,38-14-5-6-15(24)16(25)9-14)35-10-17-19(31)23(4,11-26)21(37-17)29-8-7-18(30)27-22(29)33/h5-9,12-13,17,19,21,31H,10H2,1-4H3,(H,28,34)(H,27,30,33)/t13-,17+,19+,21+,23+,39?/m0/s1. The smallest absolute Gasteiger partial charge is 0.459 e. The van der Waals surface area contributed by atoms with Gasteiger partial charge in [0.2, 0.25) is 0 Å². The number of rotatable bonds is 10. The van der Waals surface area contributed by atoms with Crippen LogP contribution < -0.4 is 20.9 Å². The second kappa shape index (κ2) is 12.2. The van der Waals surface area contributed by atoms with Gasteiger partial charge >= 0.3 is 19.4 Å². The summed E-state index contributed by atoms with van der Waals surface area (Å²) in [7, 11) is -4.41. The number of nitrogens with one attached hydrogen (secondary N) is 2. The number of nitriles is 1. The van der Waals surface area contributed by atoms with Gasteiger partial charge in [-0.1, -0.05) is 23.2 Å². The van der Waals surface area contributed by atoms with Gasteiger partial charge in [-0.2, -0.15) is 10.3 Å². The van der Waals surface area contributed by atoms with Crippen LogP contribution in [0.15, 0.2) is 40.1 Å². The molecule has 1 aliphatic heterocycles. The SMILES string of the molecule is CC(C)OC(=O)[C@H](C)NP(=O)(OC[C@H]1O[C@@H](n2ccc(=O)[nH]c2=O)[C@](C)(C#N)[C@@H]1O)Oc1ccc(Cl)c(Cl)c1. The largest absolute Gasteiger partial charge is 0.462 e. The number of esters is 1. The average molecular weight is 605 g/mol. The Labute approximate surface area is 233 Å². The Hall–Kier alpha value is -2.69. The molecule has 6 atom stereocenters. The number of carbonyl (C=O) groups is 1. The third-order valence-corrected chi connectivity index (χ3v) is 8.09. The van der Waals surface area contributed by atoms with Crippen LogP contribution >= 0.6 is 30.9 Å². The van der Waals surface area contributed by atoms with Crippen molar-refractivity contribution in [1.82, 2.24) is 14.6 Å². The van der Waals surface area contributed by atoms with Gasteiger partial charge in [-0.15, -0.1) is 0 Å². The molecule has 1 aromatic carbocycles. The van der Waals surface area contributed by atoms with Crippen molar-refractivity contribution in [2.75, 3.05) is 6.61 Å². The lowest BCUT2D eigenvalue weighted by Gasteiger charge is -2.26. The Bertz CT molecular complexity index is 1430. The van der Waals surface area contributed by atoms with Gasteiger partial charge in [-0.25, -0.2) is 9.36 Å². The van der Waals surface area contributed by atoms with Crippen LogP contribution in [0.25, 0.3) is 0 Å². The molecule has 2 heterocycles. The number of benzene rings is 1. The lowest BCUT2D eigenvalue weighted by atomic mass is 9.84. The summed E-state index contributed by atoms with van der Waals surface area (Å²) in [6.07, 6.45) is -3.48. The molecule has 1 unspecified atom stereocenters. The van der Waals surface area contributed by atoms with Crippen molar-refractivity contribution in [3.8, 4) is 11.8 Å². The van der Waals surface area contributed by atoms with E-state index in [0.29, 0.717) is 0 Å². The molecule has 1 aliphatic rings. The third kappa shape index (κ3) is 7.10. The highest BCUT2D eigenvalue weighted by Gasteiger charge is 2.55. The fourth-order valence-corrected chi connectivity index (χ4v) is 5.47. The molecular weight excluding hydrogens is 578 g/mol. The van der Waals surface area contributed by atoms with Crippen LogP contribution in [0, 0.1) is 16.7 Å².